The van der Waals surface area contributed by atoms with E-state index < -0.39 is 24.5 Å². The zero-order valence-corrected chi connectivity index (χ0v) is 16.2. The highest BCUT2D eigenvalue weighted by Crippen LogP contribution is 2.49. The molecular weight excluding hydrogens is 348 g/mol. The van der Waals surface area contributed by atoms with Crippen molar-refractivity contribution in [3.63, 3.8) is 0 Å². The third-order valence-corrected chi connectivity index (χ3v) is 5.79. The minimum atomic E-state index is -0.644. The zero-order valence-electron chi connectivity index (χ0n) is 16.2. The molecule has 2 aliphatic carbocycles. The number of hydrogen-bond acceptors (Lipinski definition) is 5. The number of fused-ring (bicyclic) bond motifs is 2. The Bertz CT molecular complexity index is 729. The van der Waals surface area contributed by atoms with E-state index in [0.717, 1.165) is 23.7 Å². The summed E-state index contributed by atoms with van der Waals surface area (Å²) in [5.41, 5.74) is 1.64. The number of aromatic nitrogens is 2. The number of nitrogens with one attached hydrogen (secondary N) is 2. The first-order valence-electron chi connectivity index (χ1n) is 9.59. The quantitative estimate of drug-likeness (QED) is 0.736. The van der Waals surface area contributed by atoms with Crippen molar-refractivity contribution >= 4 is 17.9 Å². The van der Waals surface area contributed by atoms with Gasteiger partial charge in [-0.25, -0.2) is 4.79 Å². The molecule has 1 aromatic rings. The topological polar surface area (TPSA) is 102 Å². The Labute approximate surface area is 159 Å². The van der Waals surface area contributed by atoms with Gasteiger partial charge in [0.1, 0.15) is 6.54 Å². The van der Waals surface area contributed by atoms with E-state index >= 15 is 0 Å². The van der Waals surface area contributed by atoms with E-state index in [1.54, 1.807) is 0 Å². The van der Waals surface area contributed by atoms with Crippen LogP contribution in [0.1, 0.15) is 44.0 Å². The van der Waals surface area contributed by atoms with Gasteiger partial charge in [-0.05, 0) is 63.9 Å². The van der Waals surface area contributed by atoms with Crippen molar-refractivity contribution in [1.29, 1.82) is 0 Å². The molecule has 2 N–H and O–H groups in total. The first kappa shape index (κ1) is 19.4. The number of amides is 3. The highest BCUT2D eigenvalue weighted by molar-refractivity contribution is 5.95. The summed E-state index contributed by atoms with van der Waals surface area (Å²) >= 11 is 0. The number of aryl methyl sites for hydroxylation is 2. The molecule has 27 heavy (non-hydrogen) atoms. The van der Waals surface area contributed by atoms with E-state index in [1.807, 2.05) is 26.8 Å². The maximum absolute atomic E-state index is 12.0. The maximum Gasteiger partial charge on any atom is 0.328 e. The number of nitrogens with zero attached hydrogens (tertiary/aromatic N) is 2. The van der Waals surface area contributed by atoms with Gasteiger partial charge >= 0.3 is 12.0 Å². The number of rotatable bonds is 6. The standard InChI is InChI=1S/C19H28N4O4/c1-11-6-12(2)23(22-11)9-18(25)27-10-17(24)21-19(26)20-13(3)16-8-14-4-5-15(16)7-14/h6,13-16H,4-5,7-10H2,1-3H3,(H2,20,21,24,26)/t13-,14-,15-,16-/m0/s1. The van der Waals surface area contributed by atoms with Gasteiger partial charge in [0.15, 0.2) is 6.61 Å². The van der Waals surface area contributed by atoms with Crippen LogP contribution < -0.4 is 10.6 Å². The van der Waals surface area contributed by atoms with Crippen LogP contribution in [0.4, 0.5) is 4.79 Å². The van der Waals surface area contributed by atoms with Crippen molar-refractivity contribution in [1.82, 2.24) is 20.4 Å². The lowest BCUT2D eigenvalue weighted by Crippen LogP contribution is -2.48. The van der Waals surface area contributed by atoms with Crippen LogP contribution in [0.5, 0.6) is 0 Å². The number of urea groups is 1. The Kier molecular flexibility index (Phi) is 5.82. The van der Waals surface area contributed by atoms with Crippen molar-refractivity contribution in [2.24, 2.45) is 17.8 Å². The molecule has 2 saturated carbocycles. The average Bonchev–Trinajstić information content (AvgIpc) is 3.29. The number of imide groups is 1. The zero-order chi connectivity index (χ0) is 19.6. The molecule has 1 heterocycles. The predicted octanol–water partition coefficient (Wildman–Crippen LogP) is 1.69. The lowest BCUT2D eigenvalue weighted by atomic mass is 9.84. The second-order valence-corrected chi connectivity index (χ2v) is 7.89. The van der Waals surface area contributed by atoms with E-state index in [2.05, 4.69) is 15.7 Å². The molecule has 0 aromatic carbocycles. The molecule has 0 spiro atoms. The molecule has 0 saturated heterocycles. The van der Waals surface area contributed by atoms with Crippen molar-refractivity contribution in [3.8, 4) is 0 Å². The molecule has 4 atom stereocenters. The summed E-state index contributed by atoms with van der Waals surface area (Å²) in [6, 6.07) is 1.34. The fourth-order valence-corrected chi connectivity index (χ4v) is 4.57. The molecule has 3 rings (SSSR count). The van der Waals surface area contributed by atoms with E-state index in [-0.39, 0.29) is 12.6 Å². The Morgan fingerprint density at radius 1 is 1.30 bits per heavy atom. The normalized spacial score (nSPS) is 24.5. The third kappa shape index (κ3) is 4.87. The molecule has 8 heteroatoms. The fraction of sp³-hybridized carbons (Fsp3) is 0.684. The molecule has 8 nitrogen and oxygen atoms in total. The van der Waals surface area contributed by atoms with E-state index in [9.17, 15) is 14.4 Å². The minimum Gasteiger partial charge on any atom is -0.454 e. The molecule has 0 unspecified atom stereocenters. The lowest BCUT2D eigenvalue weighted by molar-refractivity contribution is -0.149. The molecule has 3 amide bonds. The summed E-state index contributed by atoms with van der Waals surface area (Å²) in [6.07, 6.45) is 4.97. The highest BCUT2D eigenvalue weighted by atomic mass is 16.5. The number of ether oxygens (including phenoxy) is 1. The van der Waals surface area contributed by atoms with E-state index in [0.29, 0.717) is 11.8 Å². The van der Waals surface area contributed by atoms with E-state index in [4.69, 9.17) is 4.74 Å². The summed E-state index contributed by atoms with van der Waals surface area (Å²) in [5, 5.41) is 9.24. The Balaban J connectivity index is 1.36. The summed E-state index contributed by atoms with van der Waals surface area (Å²) in [4.78, 5) is 35.7. The summed E-state index contributed by atoms with van der Waals surface area (Å²) in [7, 11) is 0. The van der Waals surface area contributed by atoms with Crippen molar-refractivity contribution in [3.05, 3.63) is 17.5 Å². The number of esters is 1. The fourth-order valence-electron chi connectivity index (χ4n) is 4.57. The lowest BCUT2D eigenvalue weighted by Gasteiger charge is -2.28. The second kappa shape index (κ2) is 8.10. The number of carbonyl (C=O) groups is 3. The van der Waals surface area contributed by atoms with Crippen LogP contribution in [-0.4, -0.2) is 40.3 Å². The van der Waals surface area contributed by atoms with Gasteiger partial charge in [0.05, 0.1) is 5.69 Å². The van der Waals surface area contributed by atoms with Crippen LogP contribution in [0.3, 0.4) is 0 Å². The molecular formula is C19H28N4O4. The average molecular weight is 376 g/mol. The number of carbonyl (C=O) groups excluding carboxylic acids is 3. The van der Waals surface area contributed by atoms with Crippen molar-refractivity contribution in [2.45, 2.75) is 59.0 Å². The molecule has 148 valence electrons. The van der Waals surface area contributed by atoms with Gasteiger partial charge in [-0.2, -0.15) is 5.10 Å². The number of hydrogen-bond donors (Lipinski definition) is 2. The van der Waals surface area contributed by atoms with Gasteiger partial charge in [-0.15, -0.1) is 0 Å². The minimum absolute atomic E-state index is 0.0293. The largest absolute Gasteiger partial charge is 0.454 e. The molecule has 0 radical (unpaired) electrons. The highest BCUT2D eigenvalue weighted by Gasteiger charge is 2.42. The van der Waals surface area contributed by atoms with Gasteiger partial charge in [0.2, 0.25) is 0 Å². The van der Waals surface area contributed by atoms with Crippen LogP contribution in [0.15, 0.2) is 6.07 Å². The Morgan fingerprint density at radius 2 is 2.07 bits per heavy atom. The van der Waals surface area contributed by atoms with Crippen LogP contribution in [0, 0.1) is 31.6 Å². The third-order valence-electron chi connectivity index (χ3n) is 5.79. The van der Waals surface area contributed by atoms with Crippen LogP contribution in [0.25, 0.3) is 0 Å². The first-order chi connectivity index (χ1) is 12.8. The molecule has 0 aliphatic heterocycles. The Hall–Kier alpha value is -2.38. The molecule has 1 aromatic heterocycles. The molecule has 2 fully saturated rings. The van der Waals surface area contributed by atoms with Gasteiger partial charge in [0.25, 0.3) is 5.91 Å². The van der Waals surface area contributed by atoms with Crippen molar-refractivity contribution in [2.75, 3.05) is 6.61 Å². The monoisotopic (exact) mass is 376 g/mol. The summed E-state index contributed by atoms with van der Waals surface area (Å²) < 4.78 is 6.44. The predicted molar refractivity (Wildman–Crippen MR) is 97.7 cm³/mol. The SMILES string of the molecule is Cc1cc(C)n(CC(=O)OCC(=O)NC(=O)N[C@@H](C)[C@@H]2C[C@H]3CC[C@H]2C3)n1. The van der Waals surface area contributed by atoms with Gasteiger partial charge in [-0.3, -0.25) is 19.6 Å². The van der Waals surface area contributed by atoms with Gasteiger partial charge in [0, 0.05) is 11.7 Å². The first-order valence-corrected chi connectivity index (χ1v) is 9.59. The van der Waals surface area contributed by atoms with E-state index in [1.165, 1.54) is 23.9 Å². The smallest absolute Gasteiger partial charge is 0.328 e. The van der Waals surface area contributed by atoms with Crippen LogP contribution in [-0.2, 0) is 20.9 Å². The molecule has 2 bridgehead atoms. The maximum atomic E-state index is 12.0. The van der Waals surface area contributed by atoms with Crippen LogP contribution >= 0.6 is 0 Å². The second-order valence-electron chi connectivity index (χ2n) is 7.89. The molecule has 2 aliphatic rings. The summed E-state index contributed by atoms with van der Waals surface area (Å²) in [6.45, 7) is 5.10. The van der Waals surface area contributed by atoms with Gasteiger partial charge in [-0.1, -0.05) is 6.42 Å². The Morgan fingerprint density at radius 3 is 2.67 bits per heavy atom. The summed E-state index contributed by atoms with van der Waals surface area (Å²) in [5.74, 6) is 0.761. The van der Waals surface area contributed by atoms with Gasteiger partial charge < -0.3 is 10.1 Å². The van der Waals surface area contributed by atoms with Crippen molar-refractivity contribution < 1.29 is 19.1 Å². The van der Waals surface area contributed by atoms with Crippen LogP contribution in [0.2, 0.25) is 0 Å².